The topological polar surface area (TPSA) is 9.72 Å². The number of nitrogens with zero attached hydrogens (tertiary/aromatic N) is 3. The van der Waals surface area contributed by atoms with Gasteiger partial charge in [0, 0.05) is 51.2 Å². The van der Waals surface area contributed by atoms with Gasteiger partial charge in [0.05, 0.1) is 5.41 Å². The molecule has 0 aromatic heterocycles. The summed E-state index contributed by atoms with van der Waals surface area (Å²) in [7, 11) is 0. The summed E-state index contributed by atoms with van der Waals surface area (Å²) >= 11 is 0. The van der Waals surface area contributed by atoms with Crippen molar-refractivity contribution in [3.05, 3.63) is 307 Å². The van der Waals surface area contributed by atoms with E-state index in [1.807, 2.05) is 0 Å². The molecular weight excluding hydrogens is 847 g/mol. The average molecular weight is 894 g/mol. The zero-order chi connectivity index (χ0) is 46.4. The first-order valence-corrected chi connectivity index (χ1v) is 24.1. The average Bonchev–Trinajstić information content (AvgIpc) is 3.89. The second-order valence-electron chi connectivity index (χ2n) is 18.1. The van der Waals surface area contributed by atoms with Crippen LogP contribution >= 0.6 is 0 Å². The van der Waals surface area contributed by atoms with E-state index in [1.165, 1.54) is 55.6 Å². The van der Waals surface area contributed by atoms with Crippen molar-refractivity contribution in [3.63, 3.8) is 0 Å². The molecule has 3 heteroatoms. The third-order valence-corrected chi connectivity index (χ3v) is 14.2. The van der Waals surface area contributed by atoms with Gasteiger partial charge in [-0.15, -0.1) is 0 Å². The molecule has 13 rings (SSSR count). The molecule has 0 radical (unpaired) electrons. The molecule has 11 aromatic carbocycles. The van der Waals surface area contributed by atoms with Gasteiger partial charge in [0.15, 0.2) is 0 Å². The van der Waals surface area contributed by atoms with Gasteiger partial charge in [-0.3, -0.25) is 0 Å². The smallest absolute Gasteiger partial charge is 0.0726 e. The van der Waals surface area contributed by atoms with E-state index in [2.05, 4.69) is 300 Å². The van der Waals surface area contributed by atoms with E-state index < -0.39 is 5.41 Å². The van der Waals surface area contributed by atoms with Crippen molar-refractivity contribution < 1.29 is 0 Å². The summed E-state index contributed by atoms with van der Waals surface area (Å²) in [5.41, 5.74) is 21.7. The molecule has 0 N–H and O–H groups in total. The standard InChI is InChI=1S/C67H47N3/c1-8-22-48(23-9-1)49-36-40-59-60-41-37-58(70(54-32-18-6-19-33-54)55-34-20-7-21-35-55)47-66(60)67(65(59)44-49)63-42-38-56(68(50-24-10-2-11-25-50)51-26-12-3-13-27-51)45-61(63)62-46-57(39-43-64(62)67)69(52-28-14-4-15-29-52)53-30-16-5-17-31-53/h1-47H. The zero-order valence-corrected chi connectivity index (χ0v) is 38.5. The third kappa shape index (κ3) is 6.74. The molecule has 0 amide bonds. The predicted molar refractivity (Wildman–Crippen MR) is 292 cm³/mol. The lowest BCUT2D eigenvalue weighted by atomic mass is 9.70. The van der Waals surface area contributed by atoms with Gasteiger partial charge in [-0.25, -0.2) is 0 Å². The van der Waals surface area contributed by atoms with Crippen LogP contribution in [0.3, 0.4) is 0 Å². The minimum atomic E-state index is -0.666. The van der Waals surface area contributed by atoms with Crippen LogP contribution in [-0.2, 0) is 5.41 Å². The van der Waals surface area contributed by atoms with Crippen molar-refractivity contribution >= 4 is 51.2 Å². The fourth-order valence-corrected chi connectivity index (χ4v) is 11.2. The second-order valence-corrected chi connectivity index (χ2v) is 18.1. The van der Waals surface area contributed by atoms with E-state index in [-0.39, 0.29) is 0 Å². The SMILES string of the molecule is c1ccc(-c2ccc3c(c2)C2(c4ccc(N(c5ccccc5)c5ccccc5)cc4-c4cc(N(c5ccccc5)c5ccccc5)ccc42)c2cc(N(c4ccccc4)c4ccccc4)ccc2-3)cc1. The third-order valence-electron chi connectivity index (χ3n) is 14.2. The molecule has 0 aliphatic heterocycles. The quantitative estimate of drug-likeness (QED) is 0.135. The van der Waals surface area contributed by atoms with E-state index in [4.69, 9.17) is 0 Å². The van der Waals surface area contributed by atoms with Gasteiger partial charge in [0.1, 0.15) is 0 Å². The van der Waals surface area contributed by atoms with Crippen LogP contribution in [0.25, 0.3) is 33.4 Å². The maximum atomic E-state index is 2.48. The van der Waals surface area contributed by atoms with Crippen LogP contribution in [0.1, 0.15) is 22.3 Å². The first kappa shape index (κ1) is 41.0. The minimum Gasteiger partial charge on any atom is -0.310 e. The van der Waals surface area contributed by atoms with E-state index >= 15 is 0 Å². The Balaban J connectivity index is 1.12. The van der Waals surface area contributed by atoms with Crippen LogP contribution in [-0.4, -0.2) is 0 Å². The van der Waals surface area contributed by atoms with Crippen LogP contribution in [0.4, 0.5) is 51.2 Å². The van der Waals surface area contributed by atoms with Gasteiger partial charge in [-0.05, 0) is 171 Å². The number of fused-ring (bicyclic) bond motifs is 10. The van der Waals surface area contributed by atoms with Crippen molar-refractivity contribution in [3.8, 4) is 33.4 Å². The van der Waals surface area contributed by atoms with Crippen molar-refractivity contribution in [1.29, 1.82) is 0 Å². The maximum Gasteiger partial charge on any atom is 0.0726 e. The highest BCUT2D eigenvalue weighted by Gasteiger charge is 2.52. The summed E-state index contributed by atoms with van der Waals surface area (Å²) < 4.78 is 0. The molecule has 3 nitrogen and oxygen atoms in total. The Morgan fingerprint density at radius 1 is 0.186 bits per heavy atom. The Hall–Kier alpha value is -9.18. The largest absolute Gasteiger partial charge is 0.310 e. The van der Waals surface area contributed by atoms with Crippen LogP contribution < -0.4 is 14.7 Å². The van der Waals surface area contributed by atoms with E-state index in [0.29, 0.717) is 0 Å². The fourth-order valence-electron chi connectivity index (χ4n) is 11.2. The highest BCUT2D eigenvalue weighted by molar-refractivity contribution is 5.99. The van der Waals surface area contributed by atoms with Crippen molar-refractivity contribution in [2.45, 2.75) is 5.41 Å². The van der Waals surface area contributed by atoms with Crippen LogP contribution in [0, 0.1) is 0 Å². The van der Waals surface area contributed by atoms with Crippen LogP contribution in [0.2, 0.25) is 0 Å². The van der Waals surface area contributed by atoms with Gasteiger partial charge in [0.2, 0.25) is 0 Å². The van der Waals surface area contributed by atoms with E-state index in [1.54, 1.807) is 0 Å². The molecule has 0 fully saturated rings. The Bertz CT molecular complexity index is 3390. The van der Waals surface area contributed by atoms with Gasteiger partial charge in [-0.2, -0.15) is 0 Å². The molecule has 11 aromatic rings. The Morgan fingerprint density at radius 2 is 0.486 bits per heavy atom. The van der Waals surface area contributed by atoms with Gasteiger partial charge < -0.3 is 14.7 Å². The first-order valence-electron chi connectivity index (χ1n) is 24.1. The molecule has 0 saturated heterocycles. The summed E-state index contributed by atoms with van der Waals surface area (Å²) in [6.07, 6.45) is 0. The van der Waals surface area contributed by atoms with Crippen LogP contribution in [0.15, 0.2) is 285 Å². The predicted octanol–water partition coefficient (Wildman–Crippen LogP) is 18.1. The lowest BCUT2D eigenvalue weighted by Crippen LogP contribution is -2.26. The number of hydrogen-bond acceptors (Lipinski definition) is 3. The summed E-state index contributed by atoms with van der Waals surface area (Å²) in [6.45, 7) is 0. The number of para-hydroxylation sites is 6. The molecule has 2 aliphatic carbocycles. The van der Waals surface area contributed by atoms with Gasteiger partial charge in [0.25, 0.3) is 0 Å². The Morgan fingerprint density at radius 3 is 0.857 bits per heavy atom. The molecule has 0 bridgehead atoms. The fraction of sp³-hybridized carbons (Fsp3) is 0.0149. The Kier molecular flexibility index (Phi) is 10.1. The highest BCUT2D eigenvalue weighted by Crippen LogP contribution is 2.65. The van der Waals surface area contributed by atoms with Gasteiger partial charge in [-0.1, -0.05) is 170 Å². The van der Waals surface area contributed by atoms with E-state index in [9.17, 15) is 0 Å². The number of anilines is 9. The minimum absolute atomic E-state index is 0.666. The molecule has 1 spiro atoms. The maximum absolute atomic E-state index is 2.48. The molecule has 0 saturated carbocycles. The molecule has 70 heavy (non-hydrogen) atoms. The van der Waals surface area contributed by atoms with Crippen molar-refractivity contribution in [1.82, 2.24) is 0 Å². The summed E-state index contributed by atoms with van der Waals surface area (Å²) in [4.78, 5) is 7.16. The molecule has 330 valence electrons. The number of benzene rings is 11. The lowest BCUT2D eigenvalue weighted by Gasteiger charge is -2.33. The van der Waals surface area contributed by atoms with Crippen LogP contribution in [0.5, 0.6) is 0 Å². The second kappa shape index (κ2) is 17.2. The highest BCUT2D eigenvalue weighted by atomic mass is 15.2. The Labute approximate surface area is 410 Å². The monoisotopic (exact) mass is 893 g/mol. The van der Waals surface area contributed by atoms with Gasteiger partial charge >= 0.3 is 0 Å². The summed E-state index contributed by atoms with van der Waals surface area (Å²) in [6, 6.07) is 104. The molecule has 0 heterocycles. The lowest BCUT2D eigenvalue weighted by molar-refractivity contribution is 0.794. The normalized spacial score (nSPS) is 12.4. The first-order chi connectivity index (χ1) is 34.7. The molecule has 0 unspecified atom stereocenters. The summed E-state index contributed by atoms with van der Waals surface area (Å²) in [5, 5.41) is 0. The number of rotatable bonds is 10. The number of hydrogen-bond donors (Lipinski definition) is 0. The molecular formula is C67H47N3. The molecule has 2 aliphatic rings. The van der Waals surface area contributed by atoms with E-state index in [0.717, 1.165) is 51.2 Å². The van der Waals surface area contributed by atoms with Crippen molar-refractivity contribution in [2.24, 2.45) is 0 Å². The molecule has 0 atom stereocenters. The summed E-state index contributed by atoms with van der Waals surface area (Å²) in [5.74, 6) is 0. The van der Waals surface area contributed by atoms with Crippen molar-refractivity contribution in [2.75, 3.05) is 14.7 Å². The zero-order valence-electron chi connectivity index (χ0n) is 38.5.